The highest BCUT2D eigenvalue weighted by Gasteiger charge is 2.18. The summed E-state index contributed by atoms with van der Waals surface area (Å²) in [7, 11) is 0. The molecule has 0 aliphatic carbocycles. The topological polar surface area (TPSA) is 25.2 Å². The third-order valence-electron chi connectivity index (χ3n) is 3.28. The summed E-state index contributed by atoms with van der Waals surface area (Å²) in [6.07, 6.45) is 1.37. The number of furan rings is 1. The zero-order valence-electron chi connectivity index (χ0n) is 10.4. The Bertz CT molecular complexity index is 342. The highest BCUT2D eigenvalue weighted by Crippen LogP contribution is 2.25. The molecule has 1 aliphatic heterocycles. The SMILES string of the molecule is Cc1cc(C(C)NCC2CCSC2)c(C)o1. The standard InChI is InChI=1S/C13H21NOS/c1-9-6-13(11(3)15-9)10(2)14-7-12-4-5-16-8-12/h6,10,12,14H,4-5,7-8H2,1-3H3. The van der Waals surface area contributed by atoms with Crippen molar-refractivity contribution >= 4 is 11.8 Å². The van der Waals surface area contributed by atoms with Crippen LogP contribution in [0.1, 0.15) is 36.5 Å². The van der Waals surface area contributed by atoms with Gasteiger partial charge in [-0.05, 0) is 57.2 Å². The van der Waals surface area contributed by atoms with Crippen LogP contribution in [0.15, 0.2) is 10.5 Å². The predicted octanol–water partition coefficient (Wildman–Crippen LogP) is 3.30. The van der Waals surface area contributed by atoms with Crippen LogP contribution in [0.4, 0.5) is 0 Å². The van der Waals surface area contributed by atoms with Gasteiger partial charge >= 0.3 is 0 Å². The molecule has 0 saturated carbocycles. The summed E-state index contributed by atoms with van der Waals surface area (Å²) in [5, 5.41) is 3.62. The quantitative estimate of drug-likeness (QED) is 0.872. The molecule has 1 fully saturated rings. The highest BCUT2D eigenvalue weighted by molar-refractivity contribution is 7.99. The summed E-state index contributed by atoms with van der Waals surface area (Å²) < 4.78 is 5.56. The number of nitrogens with one attached hydrogen (secondary N) is 1. The summed E-state index contributed by atoms with van der Waals surface area (Å²) in [6, 6.07) is 2.55. The molecule has 2 rings (SSSR count). The lowest BCUT2D eigenvalue weighted by atomic mass is 10.1. The zero-order valence-corrected chi connectivity index (χ0v) is 11.2. The first-order chi connectivity index (χ1) is 7.66. The maximum Gasteiger partial charge on any atom is 0.105 e. The maximum atomic E-state index is 5.56. The van der Waals surface area contributed by atoms with E-state index in [1.165, 1.54) is 23.5 Å². The van der Waals surface area contributed by atoms with Gasteiger partial charge in [-0.2, -0.15) is 11.8 Å². The van der Waals surface area contributed by atoms with Gasteiger partial charge in [0.25, 0.3) is 0 Å². The molecule has 3 heteroatoms. The van der Waals surface area contributed by atoms with Crippen molar-refractivity contribution in [3.63, 3.8) is 0 Å². The lowest BCUT2D eigenvalue weighted by Crippen LogP contribution is -2.25. The van der Waals surface area contributed by atoms with Crippen molar-refractivity contribution in [2.75, 3.05) is 18.1 Å². The lowest BCUT2D eigenvalue weighted by molar-refractivity contribution is 0.462. The molecule has 0 bridgehead atoms. The van der Waals surface area contributed by atoms with Crippen LogP contribution in [0.2, 0.25) is 0 Å². The fourth-order valence-electron chi connectivity index (χ4n) is 2.28. The zero-order chi connectivity index (χ0) is 11.5. The molecule has 1 aliphatic rings. The van der Waals surface area contributed by atoms with Gasteiger partial charge in [-0.3, -0.25) is 0 Å². The van der Waals surface area contributed by atoms with Crippen molar-refractivity contribution in [2.45, 2.75) is 33.2 Å². The van der Waals surface area contributed by atoms with Gasteiger partial charge in [-0.1, -0.05) is 0 Å². The van der Waals surface area contributed by atoms with E-state index in [1.54, 1.807) is 0 Å². The van der Waals surface area contributed by atoms with Crippen LogP contribution in [-0.2, 0) is 0 Å². The van der Waals surface area contributed by atoms with E-state index in [2.05, 4.69) is 30.1 Å². The Morgan fingerprint density at radius 1 is 1.56 bits per heavy atom. The van der Waals surface area contributed by atoms with Gasteiger partial charge in [0.15, 0.2) is 0 Å². The van der Waals surface area contributed by atoms with Gasteiger partial charge in [-0.15, -0.1) is 0 Å². The van der Waals surface area contributed by atoms with Gasteiger partial charge in [0.1, 0.15) is 11.5 Å². The van der Waals surface area contributed by atoms with Crippen molar-refractivity contribution in [2.24, 2.45) is 5.92 Å². The summed E-state index contributed by atoms with van der Waals surface area (Å²) in [6.45, 7) is 7.42. The van der Waals surface area contributed by atoms with Crippen molar-refractivity contribution < 1.29 is 4.42 Å². The van der Waals surface area contributed by atoms with Gasteiger partial charge < -0.3 is 9.73 Å². The van der Waals surface area contributed by atoms with E-state index < -0.39 is 0 Å². The third kappa shape index (κ3) is 2.83. The Hall–Kier alpha value is -0.410. The summed E-state index contributed by atoms with van der Waals surface area (Å²) in [4.78, 5) is 0. The molecule has 1 aromatic heterocycles. The normalized spacial score (nSPS) is 22.6. The van der Waals surface area contributed by atoms with Crippen LogP contribution in [0, 0.1) is 19.8 Å². The third-order valence-corrected chi connectivity index (χ3v) is 4.51. The van der Waals surface area contributed by atoms with Crippen LogP contribution >= 0.6 is 11.8 Å². The molecule has 0 aromatic carbocycles. The second-order valence-electron chi connectivity index (χ2n) is 4.73. The van der Waals surface area contributed by atoms with E-state index in [4.69, 9.17) is 4.42 Å². The molecule has 0 spiro atoms. The predicted molar refractivity (Wildman–Crippen MR) is 70.0 cm³/mol. The molecule has 2 nitrogen and oxygen atoms in total. The number of aryl methyl sites for hydroxylation is 2. The first kappa shape index (κ1) is 12.1. The summed E-state index contributed by atoms with van der Waals surface area (Å²) in [5.74, 6) is 5.59. The van der Waals surface area contributed by atoms with Crippen molar-refractivity contribution in [1.29, 1.82) is 0 Å². The Morgan fingerprint density at radius 3 is 2.94 bits per heavy atom. The van der Waals surface area contributed by atoms with E-state index in [1.807, 2.05) is 13.8 Å². The average Bonchev–Trinajstić information content (AvgIpc) is 2.84. The van der Waals surface area contributed by atoms with E-state index in [0.717, 1.165) is 24.0 Å². The van der Waals surface area contributed by atoms with Crippen LogP contribution < -0.4 is 5.32 Å². The fraction of sp³-hybridized carbons (Fsp3) is 0.692. The molecule has 0 radical (unpaired) electrons. The van der Waals surface area contributed by atoms with Crippen LogP contribution in [0.5, 0.6) is 0 Å². The molecule has 1 aromatic rings. The van der Waals surface area contributed by atoms with E-state index in [0.29, 0.717) is 6.04 Å². The maximum absolute atomic E-state index is 5.56. The monoisotopic (exact) mass is 239 g/mol. The van der Waals surface area contributed by atoms with E-state index in [9.17, 15) is 0 Å². The van der Waals surface area contributed by atoms with E-state index >= 15 is 0 Å². The Morgan fingerprint density at radius 2 is 2.38 bits per heavy atom. The number of hydrogen-bond donors (Lipinski definition) is 1. The first-order valence-electron chi connectivity index (χ1n) is 6.05. The summed E-state index contributed by atoms with van der Waals surface area (Å²) in [5.41, 5.74) is 1.31. The second-order valence-corrected chi connectivity index (χ2v) is 5.88. The fourth-order valence-corrected chi connectivity index (χ4v) is 3.56. The summed E-state index contributed by atoms with van der Waals surface area (Å²) >= 11 is 2.08. The van der Waals surface area contributed by atoms with E-state index in [-0.39, 0.29) is 0 Å². The van der Waals surface area contributed by atoms with Gasteiger partial charge in [-0.25, -0.2) is 0 Å². The minimum atomic E-state index is 0.406. The van der Waals surface area contributed by atoms with Crippen molar-refractivity contribution in [1.82, 2.24) is 5.32 Å². The average molecular weight is 239 g/mol. The van der Waals surface area contributed by atoms with Crippen LogP contribution in [0.25, 0.3) is 0 Å². The first-order valence-corrected chi connectivity index (χ1v) is 7.20. The number of thioether (sulfide) groups is 1. The molecular formula is C13H21NOS. The molecule has 0 amide bonds. The van der Waals surface area contributed by atoms with Crippen LogP contribution in [0.3, 0.4) is 0 Å². The van der Waals surface area contributed by atoms with Crippen molar-refractivity contribution in [3.05, 3.63) is 23.2 Å². The number of rotatable bonds is 4. The van der Waals surface area contributed by atoms with Gasteiger partial charge in [0.2, 0.25) is 0 Å². The molecule has 2 atom stereocenters. The lowest BCUT2D eigenvalue weighted by Gasteiger charge is -2.16. The molecule has 16 heavy (non-hydrogen) atoms. The molecule has 1 saturated heterocycles. The Labute approximate surface area is 102 Å². The van der Waals surface area contributed by atoms with Gasteiger partial charge in [0, 0.05) is 11.6 Å². The molecular weight excluding hydrogens is 218 g/mol. The molecule has 2 heterocycles. The van der Waals surface area contributed by atoms with Gasteiger partial charge in [0.05, 0.1) is 0 Å². The minimum absolute atomic E-state index is 0.406. The second kappa shape index (κ2) is 5.28. The van der Waals surface area contributed by atoms with Crippen molar-refractivity contribution in [3.8, 4) is 0 Å². The highest BCUT2D eigenvalue weighted by atomic mass is 32.2. The molecule has 1 N–H and O–H groups in total. The Kier molecular flexibility index (Phi) is 3.98. The minimum Gasteiger partial charge on any atom is -0.466 e. The molecule has 2 unspecified atom stereocenters. The van der Waals surface area contributed by atoms with Crippen LogP contribution in [-0.4, -0.2) is 18.1 Å². The Balaban J connectivity index is 1.87. The number of hydrogen-bond acceptors (Lipinski definition) is 3. The smallest absolute Gasteiger partial charge is 0.105 e. The molecule has 90 valence electrons. The largest absolute Gasteiger partial charge is 0.466 e.